The summed E-state index contributed by atoms with van der Waals surface area (Å²) >= 11 is 1.62. The van der Waals surface area contributed by atoms with Crippen LogP contribution in [0.1, 0.15) is 48.7 Å². The number of hydrogen-bond donors (Lipinski definition) is 1. The normalized spacial score (nSPS) is 21.4. The molecule has 4 heterocycles. The summed E-state index contributed by atoms with van der Waals surface area (Å²) in [7, 11) is 0. The molecule has 5 rings (SSSR count). The Hall–Kier alpha value is -2.34. The molecule has 2 aliphatic rings. The number of hydrogen-bond acceptors (Lipinski definition) is 4. The van der Waals surface area contributed by atoms with Crippen LogP contribution in [0.2, 0.25) is 0 Å². The predicted molar refractivity (Wildman–Crippen MR) is 96.2 cm³/mol. The number of amides is 1. The van der Waals surface area contributed by atoms with E-state index in [1.165, 1.54) is 5.56 Å². The molecule has 0 radical (unpaired) electrons. The summed E-state index contributed by atoms with van der Waals surface area (Å²) in [6, 6.07) is 6.36. The van der Waals surface area contributed by atoms with Crippen LogP contribution in [0.4, 0.5) is 0 Å². The predicted octanol–water partition coefficient (Wildman–Crippen LogP) is 3.26. The molecule has 0 saturated heterocycles. The number of aromatic nitrogens is 2. The first-order valence-corrected chi connectivity index (χ1v) is 9.41. The van der Waals surface area contributed by atoms with Gasteiger partial charge in [0.25, 0.3) is 0 Å². The van der Waals surface area contributed by atoms with Gasteiger partial charge in [0, 0.05) is 30.3 Å². The average molecular weight is 353 g/mol. The molecule has 128 valence electrons. The molecule has 3 aromatic rings. The number of benzene rings is 1. The van der Waals surface area contributed by atoms with Gasteiger partial charge in [0.15, 0.2) is 4.96 Å². The van der Waals surface area contributed by atoms with Crippen molar-refractivity contribution in [1.82, 2.24) is 14.7 Å². The van der Waals surface area contributed by atoms with Crippen LogP contribution in [-0.4, -0.2) is 20.9 Å². The minimum Gasteiger partial charge on any atom is -0.487 e. The first-order valence-electron chi connectivity index (χ1n) is 8.53. The van der Waals surface area contributed by atoms with E-state index in [1.807, 2.05) is 17.6 Å². The van der Waals surface area contributed by atoms with Crippen molar-refractivity contribution in [1.29, 1.82) is 0 Å². The average Bonchev–Trinajstić information content (AvgIpc) is 3.17. The number of ether oxygens (including phenoxy) is 1. The number of thiazole rings is 1. The maximum absolute atomic E-state index is 12.3. The van der Waals surface area contributed by atoms with Gasteiger partial charge >= 0.3 is 0 Å². The molecule has 1 unspecified atom stereocenters. The maximum atomic E-state index is 12.3. The summed E-state index contributed by atoms with van der Waals surface area (Å²) in [5.41, 5.74) is 4.32. The van der Waals surface area contributed by atoms with Crippen molar-refractivity contribution in [2.45, 2.75) is 44.8 Å². The second-order valence-electron chi connectivity index (χ2n) is 7.44. The molecular weight excluding hydrogens is 334 g/mol. The van der Waals surface area contributed by atoms with E-state index in [4.69, 9.17) is 9.72 Å². The van der Waals surface area contributed by atoms with Crippen LogP contribution in [0.3, 0.4) is 0 Å². The quantitative estimate of drug-likeness (QED) is 0.731. The highest BCUT2D eigenvalue weighted by molar-refractivity contribution is 7.15. The molecule has 2 aromatic heterocycles. The highest BCUT2D eigenvalue weighted by Crippen LogP contribution is 2.40. The topological polar surface area (TPSA) is 55.6 Å². The lowest BCUT2D eigenvalue weighted by Crippen LogP contribution is -2.24. The lowest BCUT2D eigenvalue weighted by Gasteiger charge is -2.16. The van der Waals surface area contributed by atoms with E-state index >= 15 is 0 Å². The van der Waals surface area contributed by atoms with Gasteiger partial charge < -0.3 is 10.1 Å². The summed E-state index contributed by atoms with van der Waals surface area (Å²) in [5.74, 6) is 1.04. The molecular formula is C19H19N3O2S. The van der Waals surface area contributed by atoms with Crippen LogP contribution >= 0.6 is 11.3 Å². The molecule has 0 aliphatic carbocycles. The summed E-state index contributed by atoms with van der Waals surface area (Å²) in [6.07, 6.45) is 3.39. The summed E-state index contributed by atoms with van der Waals surface area (Å²) in [4.78, 5) is 18.0. The second-order valence-corrected chi connectivity index (χ2v) is 8.31. The molecule has 6 heteroatoms. The number of carbonyl (C=O) groups excluding carboxylic acids is 1. The zero-order valence-electron chi connectivity index (χ0n) is 14.2. The Bertz CT molecular complexity index is 1000. The lowest BCUT2D eigenvalue weighted by atomic mass is 9.89. The van der Waals surface area contributed by atoms with Crippen LogP contribution < -0.4 is 10.1 Å². The van der Waals surface area contributed by atoms with Crippen LogP contribution in [-0.2, 0) is 17.8 Å². The van der Waals surface area contributed by atoms with Crippen molar-refractivity contribution in [3.63, 3.8) is 0 Å². The van der Waals surface area contributed by atoms with Crippen molar-refractivity contribution in [2.24, 2.45) is 0 Å². The number of carbonyl (C=O) groups is 1. The Morgan fingerprint density at radius 2 is 2.28 bits per heavy atom. The molecule has 0 fully saturated rings. The van der Waals surface area contributed by atoms with E-state index in [2.05, 4.69) is 35.7 Å². The van der Waals surface area contributed by atoms with Gasteiger partial charge in [-0.25, -0.2) is 4.98 Å². The van der Waals surface area contributed by atoms with Crippen LogP contribution in [0.5, 0.6) is 5.75 Å². The molecule has 1 N–H and O–H groups in total. The van der Waals surface area contributed by atoms with E-state index in [0.29, 0.717) is 13.0 Å². The fourth-order valence-electron chi connectivity index (χ4n) is 4.01. The highest BCUT2D eigenvalue weighted by atomic mass is 32.1. The van der Waals surface area contributed by atoms with E-state index in [0.717, 1.165) is 34.1 Å². The van der Waals surface area contributed by atoms with E-state index < -0.39 is 0 Å². The Morgan fingerprint density at radius 1 is 1.40 bits per heavy atom. The number of nitrogens with one attached hydrogen (secondary N) is 1. The first-order chi connectivity index (χ1) is 12.0. The smallest absolute Gasteiger partial charge is 0.221 e. The second kappa shape index (κ2) is 5.08. The summed E-state index contributed by atoms with van der Waals surface area (Å²) < 4.78 is 8.14. The molecule has 0 spiro atoms. The highest BCUT2D eigenvalue weighted by Gasteiger charge is 2.33. The molecule has 5 nitrogen and oxygen atoms in total. The Kier molecular flexibility index (Phi) is 3.04. The fraction of sp³-hybridized carbons (Fsp3) is 0.368. The molecule has 1 amide bonds. The maximum Gasteiger partial charge on any atom is 0.221 e. The molecule has 1 aromatic carbocycles. The van der Waals surface area contributed by atoms with Gasteiger partial charge in [-0.1, -0.05) is 12.1 Å². The van der Waals surface area contributed by atoms with Gasteiger partial charge in [0.1, 0.15) is 11.4 Å². The minimum absolute atomic E-state index is 0.0103. The van der Waals surface area contributed by atoms with Crippen LogP contribution in [0.25, 0.3) is 4.96 Å². The van der Waals surface area contributed by atoms with Crippen LogP contribution in [0, 0.1) is 0 Å². The number of nitrogens with zero attached hydrogens (tertiary/aromatic N) is 2. The van der Waals surface area contributed by atoms with Crippen molar-refractivity contribution in [3.05, 3.63) is 52.3 Å². The van der Waals surface area contributed by atoms with Gasteiger partial charge in [-0.3, -0.25) is 9.20 Å². The van der Waals surface area contributed by atoms with Gasteiger partial charge in [0.2, 0.25) is 5.91 Å². The summed E-state index contributed by atoms with van der Waals surface area (Å²) in [5, 5.41) is 5.02. The third-order valence-electron chi connectivity index (χ3n) is 5.04. The molecule has 1 atom stereocenters. The lowest BCUT2D eigenvalue weighted by molar-refractivity contribution is -0.121. The molecule has 2 aliphatic heterocycles. The zero-order chi connectivity index (χ0) is 17.2. The summed E-state index contributed by atoms with van der Waals surface area (Å²) in [6.45, 7) is 4.71. The zero-order valence-corrected chi connectivity index (χ0v) is 15.0. The first kappa shape index (κ1) is 15.0. The number of rotatable bonds is 1. The van der Waals surface area contributed by atoms with E-state index in [1.54, 1.807) is 11.3 Å². The largest absolute Gasteiger partial charge is 0.487 e. The van der Waals surface area contributed by atoms with Crippen molar-refractivity contribution < 1.29 is 9.53 Å². The fourth-order valence-corrected chi connectivity index (χ4v) is 4.75. The molecule has 0 bridgehead atoms. The van der Waals surface area contributed by atoms with Crippen molar-refractivity contribution in [3.8, 4) is 5.75 Å². The van der Waals surface area contributed by atoms with Gasteiger partial charge in [-0.2, -0.15) is 0 Å². The monoisotopic (exact) mass is 353 g/mol. The Balaban J connectivity index is 1.65. The third-order valence-corrected chi connectivity index (χ3v) is 5.79. The SMILES string of the molecule is CC1(C)Cc2cc(C3CC(=O)NCc4nc5sccn5c43)ccc2O1. The number of fused-ring (bicyclic) bond motifs is 4. The molecule has 25 heavy (non-hydrogen) atoms. The van der Waals surface area contributed by atoms with E-state index in [-0.39, 0.29) is 17.4 Å². The Morgan fingerprint density at radius 3 is 3.16 bits per heavy atom. The standard InChI is InChI=1S/C19H19N3O2S/c1-19(2)9-12-7-11(3-4-15(12)24-19)13-8-16(23)20-10-14-17(13)22-5-6-25-18(22)21-14/h3-7,13H,8-10H2,1-2H3,(H,20,23). The third kappa shape index (κ3) is 2.35. The minimum atomic E-state index is -0.163. The van der Waals surface area contributed by atoms with Crippen molar-refractivity contribution in [2.75, 3.05) is 0 Å². The van der Waals surface area contributed by atoms with Crippen molar-refractivity contribution >= 4 is 22.2 Å². The van der Waals surface area contributed by atoms with Gasteiger partial charge in [-0.15, -0.1) is 11.3 Å². The van der Waals surface area contributed by atoms with Gasteiger partial charge in [-0.05, 0) is 31.0 Å². The molecule has 0 saturated carbocycles. The Labute approximate surface area is 149 Å². The van der Waals surface area contributed by atoms with Crippen LogP contribution in [0.15, 0.2) is 29.8 Å². The number of imidazole rings is 1. The van der Waals surface area contributed by atoms with Gasteiger partial charge in [0.05, 0.1) is 17.9 Å². The van der Waals surface area contributed by atoms with E-state index in [9.17, 15) is 4.79 Å².